The number of halogens is 1. The lowest BCUT2D eigenvalue weighted by Crippen LogP contribution is -2.17. The molecule has 2 aromatic carbocycles. The zero-order valence-electron chi connectivity index (χ0n) is 20.1. The van der Waals surface area contributed by atoms with Crippen LogP contribution in [0.3, 0.4) is 0 Å². The number of nitrogens with zero attached hydrogens (tertiary/aromatic N) is 4. The van der Waals surface area contributed by atoms with E-state index in [1.54, 1.807) is 11.3 Å². The minimum absolute atomic E-state index is 0.135. The highest BCUT2D eigenvalue weighted by Crippen LogP contribution is 2.39. The van der Waals surface area contributed by atoms with Gasteiger partial charge in [0.1, 0.15) is 16.9 Å². The first-order valence-corrected chi connectivity index (χ1v) is 12.9. The standard InChI is InChI=1S/C27H24ClN5O2S/c1-14-15(2)36-27-24(14)25(17-4-7-20(28)8-5-17)30-22(26-32-31-16(3)33(26)27)11-23(34)29-21-9-6-18-12-35-13-19(18)10-21/h4-10,22H,11-13H2,1-3H3,(H,29,34)/t22-/m0/s1. The first kappa shape index (κ1) is 23.1. The second-order valence-corrected chi connectivity index (χ2v) is 10.8. The lowest BCUT2D eigenvalue weighted by molar-refractivity contribution is -0.116. The number of amides is 1. The number of rotatable bonds is 4. The molecule has 0 aliphatic carbocycles. The zero-order chi connectivity index (χ0) is 25.0. The second-order valence-electron chi connectivity index (χ2n) is 9.13. The molecule has 182 valence electrons. The molecule has 1 atom stereocenters. The maximum atomic E-state index is 13.2. The maximum absolute atomic E-state index is 13.2. The predicted octanol–water partition coefficient (Wildman–Crippen LogP) is 5.86. The summed E-state index contributed by atoms with van der Waals surface area (Å²) < 4.78 is 7.55. The van der Waals surface area contributed by atoms with E-state index in [4.69, 9.17) is 21.3 Å². The van der Waals surface area contributed by atoms with E-state index in [0.717, 1.165) is 50.0 Å². The molecule has 0 fully saturated rings. The smallest absolute Gasteiger partial charge is 0.227 e. The van der Waals surface area contributed by atoms with Gasteiger partial charge in [0.05, 0.1) is 25.3 Å². The highest BCUT2D eigenvalue weighted by molar-refractivity contribution is 7.15. The lowest BCUT2D eigenvalue weighted by Gasteiger charge is -2.13. The molecule has 2 aliphatic rings. The summed E-state index contributed by atoms with van der Waals surface area (Å²) in [5.74, 6) is 1.30. The number of thiophene rings is 1. The van der Waals surface area contributed by atoms with Gasteiger partial charge in [0, 0.05) is 26.7 Å². The fraction of sp³-hybridized carbons (Fsp3) is 0.259. The third kappa shape index (κ3) is 3.95. The Kier molecular flexibility index (Phi) is 5.75. The van der Waals surface area contributed by atoms with Gasteiger partial charge in [-0.25, -0.2) is 0 Å². The topological polar surface area (TPSA) is 81.4 Å². The van der Waals surface area contributed by atoms with Gasteiger partial charge >= 0.3 is 0 Å². The van der Waals surface area contributed by atoms with E-state index in [9.17, 15) is 4.79 Å². The molecule has 7 nitrogen and oxygen atoms in total. The summed E-state index contributed by atoms with van der Waals surface area (Å²) >= 11 is 7.88. The van der Waals surface area contributed by atoms with Crippen molar-refractivity contribution in [3.8, 4) is 5.00 Å². The minimum Gasteiger partial charge on any atom is -0.372 e. The van der Waals surface area contributed by atoms with Crippen LogP contribution in [0.25, 0.3) is 5.00 Å². The Balaban J connectivity index is 1.41. The summed E-state index contributed by atoms with van der Waals surface area (Å²) in [6.45, 7) is 7.34. The number of anilines is 1. The molecule has 6 rings (SSSR count). The zero-order valence-corrected chi connectivity index (χ0v) is 21.7. The van der Waals surface area contributed by atoms with Crippen LogP contribution in [0.4, 0.5) is 5.69 Å². The first-order chi connectivity index (χ1) is 17.4. The Hall–Kier alpha value is -3.33. The summed E-state index contributed by atoms with van der Waals surface area (Å²) in [4.78, 5) is 19.6. The number of aryl methyl sites for hydroxylation is 2. The molecular formula is C27H24ClN5O2S. The Morgan fingerprint density at radius 2 is 1.89 bits per heavy atom. The highest BCUT2D eigenvalue weighted by atomic mass is 35.5. The van der Waals surface area contributed by atoms with E-state index in [1.165, 1.54) is 4.88 Å². The van der Waals surface area contributed by atoms with E-state index in [0.29, 0.717) is 24.1 Å². The van der Waals surface area contributed by atoms with Gasteiger partial charge in [0.15, 0.2) is 5.82 Å². The Labute approximate surface area is 217 Å². The van der Waals surface area contributed by atoms with Crippen molar-refractivity contribution in [2.24, 2.45) is 4.99 Å². The molecule has 2 aromatic heterocycles. The molecule has 1 amide bonds. The van der Waals surface area contributed by atoms with Crippen LogP contribution >= 0.6 is 22.9 Å². The van der Waals surface area contributed by atoms with Crippen LogP contribution in [0, 0.1) is 20.8 Å². The van der Waals surface area contributed by atoms with Crippen molar-refractivity contribution >= 4 is 40.2 Å². The summed E-state index contributed by atoms with van der Waals surface area (Å²) in [5.41, 5.74) is 7.01. The monoisotopic (exact) mass is 517 g/mol. The van der Waals surface area contributed by atoms with E-state index in [1.807, 2.05) is 49.4 Å². The van der Waals surface area contributed by atoms with Gasteiger partial charge in [0.25, 0.3) is 0 Å². The van der Waals surface area contributed by atoms with Gasteiger partial charge in [0.2, 0.25) is 5.91 Å². The van der Waals surface area contributed by atoms with E-state index in [-0.39, 0.29) is 12.3 Å². The summed E-state index contributed by atoms with van der Waals surface area (Å²) in [6.07, 6.45) is 0.135. The summed E-state index contributed by atoms with van der Waals surface area (Å²) in [7, 11) is 0. The molecule has 4 heterocycles. The molecule has 1 N–H and O–H groups in total. The molecule has 0 spiro atoms. The molecular weight excluding hydrogens is 494 g/mol. The summed E-state index contributed by atoms with van der Waals surface area (Å²) in [6, 6.07) is 13.1. The number of carbonyl (C=O) groups excluding carboxylic acids is 1. The van der Waals surface area contributed by atoms with E-state index in [2.05, 4.69) is 33.9 Å². The highest BCUT2D eigenvalue weighted by Gasteiger charge is 2.32. The second kappa shape index (κ2) is 8.96. The Bertz CT molecular complexity index is 1540. The molecule has 0 saturated carbocycles. The van der Waals surface area contributed by atoms with Gasteiger partial charge in [-0.3, -0.25) is 14.4 Å². The van der Waals surface area contributed by atoms with Crippen molar-refractivity contribution in [2.45, 2.75) is 46.4 Å². The van der Waals surface area contributed by atoms with Crippen LogP contribution in [-0.2, 0) is 22.7 Å². The number of carbonyl (C=O) groups is 1. The SMILES string of the molecule is Cc1sc2c(c1C)C(c1ccc(Cl)cc1)=N[C@@H](CC(=O)Nc1ccc3c(c1)COC3)c1nnc(C)n1-2. The number of aromatic nitrogens is 3. The number of aliphatic imine (C=N–C) groups is 1. The number of fused-ring (bicyclic) bond motifs is 4. The largest absolute Gasteiger partial charge is 0.372 e. The average Bonchev–Trinajstić information content (AvgIpc) is 3.52. The summed E-state index contributed by atoms with van der Waals surface area (Å²) in [5, 5.41) is 13.6. The third-order valence-electron chi connectivity index (χ3n) is 6.74. The van der Waals surface area contributed by atoms with Crippen LogP contribution in [0.15, 0.2) is 47.5 Å². The molecule has 0 saturated heterocycles. The minimum atomic E-state index is -0.506. The molecule has 9 heteroatoms. The van der Waals surface area contributed by atoms with Crippen molar-refractivity contribution < 1.29 is 9.53 Å². The molecule has 0 radical (unpaired) electrons. The van der Waals surface area contributed by atoms with Crippen LogP contribution in [0.5, 0.6) is 0 Å². The average molecular weight is 518 g/mol. The number of hydrogen-bond acceptors (Lipinski definition) is 6. The van der Waals surface area contributed by atoms with Crippen LogP contribution in [-0.4, -0.2) is 26.4 Å². The van der Waals surface area contributed by atoms with Crippen molar-refractivity contribution in [1.82, 2.24) is 14.8 Å². The number of hydrogen-bond donors (Lipinski definition) is 1. The van der Waals surface area contributed by atoms with Crippen molar-refractivity contribution in [3.63, 3.8) is 0 Å². The van der Waals surface area contributed by atoms with Crippen molar-refractivity contribution in [2.75, 3.05) is 5.32 Å². The molecule has 4 aromatic rings. The van der Waals surface area contributed by atoms with Crippen molar-refractivity contribution in [1.29, 1.82) is 0 Å². The quantitative estimate of drug-likeness (QED) is 0.367. The normalized spacial score (nSPS) is 16.1. The van der Waals surface area contributed by atoms with Gasteiger partial charge in [-0.2, -0.15) is 0 Å². The number of ether oxygens (including phenoxy) is 1. The lowest BCUT2D eigenvalue weighted by atomic mass is 9.99. The van der Waals surface area contributed by atoms with Crippen LogP contribution < -0.4 is 5.32 Å². The molecule has 2 aliphatic heterocycles. The number of nitrogens with one attached hydrogen (secondary N) is 1. The maximum Gasteiger partial charge on any atom is 0.227 e. The van der Waals surface area contributed by atoms with Crippen LogP contribution in [0.1, 0.15) is 56.8 Å². The van der Waals surface area contributed by atoms with E-state index >= 15 is 0 Å². The fourth-order valence-electron chi connectivity index (χ4n) is 4.77. The fourth-order valence-corrected chi connectivity index (χ4v) is 6.11. The van der Waals surface area contributed by atoms with Gasteiger partial charge in [-0.1, -0.05) is 29.8 Å². The third-order valence-corrected chi connectivity index (χ3v) is 8.19. The molecule has 0 unspecified atom stereocenters. The Morgan fingerprint density at radius 1 is 1.11 bits per heavy atom. The Morgan fingerprint density at radius 3 is 2.69 bits per heavy atom. The van der Waals surface area contributed by atoms with Gasteiger partial charge in [-0.05, 0) is 61.7 Å². The number of benzene rings is 2. The van der Waals surface area contributed by atoms with Gasteiger partial charge < -0.3 is 10.1 Å². The first-order valence-electron chi connectivity index (χ1n) is 11.7. The van der Waals surface area contributed by atoms with Crippen LogP contribution in [0.2, 0.25) is 5.02 Å². The molecule has 0 bridgehead atoms. The van der Waals surface area contributed by atoms with Gasteiger partial charge in [-0.15, -0.1) is 21.5 Å². The predicted molar refractivity (Wildman–Crippen MR) is 141 cm³/mol. The molecule has 36 heavy (non-hydrogen) atoms. The van der Waals surface area contributed by atoms with Crippen molar-refractivity contribution in [3.05, 3.63) is 91.8 Å². The van der Waals surface area contributed by atoms with E-state index < -0.39 is 6.04 Å².